The maximum atomic E-state index is 6.17. The second-order valence-corrected chi connectivity index (χ2v) is 6.07. The summed E-state index contributed by atoms with van der Waals surface area (Å²) in [5.41, 5.74) is 0. The molecule has 0 aromatic heterocycles. The van der Waals surface area contributed by atoms with Gasteiger partial charge in [0.2, 0.25) is 0 Å². The minimum absolute atomic E-state index is 0.648. The van der Waals surface area contributed by atoms with Crippen LogP contribution in [0.4, 0.5) is 0 Å². The number of nitrogens with one attached hydrogen (secondary N) is 1. The zero-order valence-electron chi connectivity index (χ0n) is 10.3. The van der Waals surface area contributed by atoms with Gasteiger partial charge in [0.15, 0.2) is 0 Å². The summed E-state index contributed by atoms with van der Waals surface area (Å²) in [5, 5.41) is 4.49. The van der Waals surface area contributed by atoms with E-state index in [1.165, 1.54) is 24.2 Å². The Morgan fingerprint density at radius 3 is 2.76 bits per heavy atom. The molecule has 0 aliphatic heterocycles. The van der Waals surface area contributed by atoms with Crippen molar-refractivity contribution in [2.24, 2.45) is 5.92 Å². The Hall–Kier alpha value is -0.180. The molecule has 1 saturated carbocycles. The van der Waals surface area contributed by atoms with Crippen molar-refractivity contribution < 1.29 is 0 Å². The van der Waals surface area contributed by atoms with Gasteiger partial charge in [-0.1, -0.05) is 37.1 Å². The van der Waals surface area contributed by atoms with E-state index < -0.39 is 0 Å². The lowest BCUT2D eigenvalue weighted by Crippen LogP contribution is -2.41. The van der Waals surface area contributed by atoms with Crippen molar-refractivity contribution in [3.05, 3.63) is 29.3 Å². The Bertz CT molecular complexity index is 352. The summed E-state index contributed by atoms with van der Waals surface area (Å²) in [4.78, 5) is 1.20. The highest BCUT2D eigenvalue weighted by Crippen LogP contribution is 2.34. The van der Waals surface area contributed by atoms with Crippen LogP contribution < -0.4 is 5.32 Å². The van der Waals surface area contributed by atoms with Gasteiger partial charge in [0, 0.05) is 16.7 Å². The lowest BCUT2D eigenvalue weighted by atomic mass is 9.80. The van der Waals surface area contributed by atoms with Crippen LogP contribution in [0.3, 0.4) is 0 Å². The first-order valence-corrected chi connectivity index (χ1v) is 7.78. The van der Waals surface area contributed by atoms with Crippen molar-refractivity contribution in [2.75, 3.05) is 12.3 Å². The molecule has 1 atom stereocenters. The Morgan fingerprint density at radius 2 is 2.18 bits per heavy atom. The predicted molar refractivity (Wildman–Crippen MR) is 77.0 cm³/mol. The first-order valence-electron chi connectivity index (χ1n) is 6.42. The molecule has 2 rings (SSSR count). The van der Waals surface area contributed by atoms with E-state index in [0.29, 0.717) is 6.04 Å². The lowest BCUT2D eigenvalue weighted by molar-refractivity contribution is 0.246. The first kappa shape index (κ1) is 13.3. The molecule has 94 valence electrons. The van der Waals surface area contributed by atoms with E-state index in [0.717, 1.165) is 23.2 Å². The fraction of sp³-hybridized carbons (Fsp3) is 0.571. The van der Waals surface area contributed by atoms with Crippen molar-refractivity contribution in [1.29, 1.82) is 0 Å². The summed E-state index contributed by atoms with van der Waals surface area (Å²) in [6.07, 6.45) is 4.19. The molecule has 1 nitrogen and oxygen atoms in total. The molecule has 1 fully saturated rings. The summed E-state index contributed by atoms with van der Waals surface area (Å²) < 4.78 is 0. The van der Waals surface area contributed by atoms with Crippen LogP contribution in [0.5, 0.6) is 0 Å². The van der Waals surface area contributed by atoms with Crippen molar-refractivity contribution in [2.45, 2.75) is 37.1 Å². The Morgan fingerprint density at radius 1 is 1.41 bits per heavy atom. The largest absolute Gasteiger partial charge is 0.313 e. The molecular formula is C14H20ClNS. The van der Waals surface area contributed by atoms with Gasteiger partial charge >= 0.3 is 0 Å². The second-order valence-electron chi connectivity index (χ2n) is 4.60. The summed E-state index contributed by atoms with van der Waals surface area (Å²) in [5.74, 6) is 2.01. The third-order valence-electron chi connectivity index (χ3n) is 3.44. The van der Waals surface area contributed by atoms with Gasteiger partial charge < -0.3 is 5.32 Å². The van der Waals surface area contributed by atoms with Crippen LogP contribution >= 0.6 is 23.4 Å². The zero-order valence-corrected chi connectivity index (χ0v) is 11.9. The van der Waals surface area contributed by atoms with Gasteiger partial charge in [0.25, 0.3) is 0 Å². The van der Waals surface area contributed by atoms with E-state index >= 15 is 0 Å². The molecule has 17 heavy (non-hydrogen) atoms. The van der Waals surface area contributed by atoms with Crippen LogP contribution in [0.1, 0.15) is 26.2 Å². The van der Waals surface area contributed by atoms with Gasteiger partial charge in [0.05, 0.1) is 5.02 Å². The molecule has 1 unspecified atom stereocenters. The monoisotopic (exact) mass is 269 g/mol. The highest BCUT2D eigenvalue weighted by molar-refractivity contribution is 7.99. The minimum atomic E-state index is 0.648. The molecule has 1 aromatic carbocycles. The van der Waals surface area contributed by atoms with Crippen LogP contribution in [0.25, 0.3) is 0 Å². The fourth-order valence-corrected chi connectivity index (χ4v) is 3.64. The van der Waals surface area contributed by atoms with Crippen molar-refractivity contribution >= 4 is 23.4 Å². The molecule has 1 N–H and O–H groups in total. The van der Waals surface area contributed by atoms with Gasteiger partial charge in [-0.2, -0.15) is 0 Å². The quantitative estimate of drug-likeness (QED) is 0.777. The molecule has 0 radical (unpaired) electrons. The summed E-state index contributed by atoms with van der Waals surface area (Å²) >= 11 is 8.05. The molecule has 1 aliphatic carbocycles. The third-order valence-corrected chi connectivity index (χ3v) is 5.07. The molecular weight excluding hydrogens is 250 g/mol. The number of hydrogen-bond acceptors (Lipinski definition) is 2. The Kier molecular flexibility index (Phi) is 5.20. The van der Waals surface area contributed by atoms with Crippen molar-refractivity contribution in [3.63, 3.8) is 0 Å². The molecule has 0 bridgehead atoms. The number of thioether (sulfide) groups is 1. The van der Waals surface area contributed by atoms with Crippen LogP contribution in [-0.2, 0) is 0 Å². The van der Waals surface area contributed by atoms with Gasteiger partial charge in [-0.25, -0.2) is 0 Å². The van der Waals surface area contributed by atoms with Crippen LogP contribution in [-0.4, -0.2) is 18.3 Å². The van der Waals surface area contributed by atoms with Crippen LogP contribution in [0, 0.1) is 5.92 Å². The average molecular weight is 270 g/mol. The topological polar surface area (TPSA) is 12.0 Å². The first-order chi connectivity index (χ1) is 8.31. The van der Waals surface area contributed by atoms with E-state index in [2.05, 4.69) is 24.4 Å². The molecule has 0 saturated heterocycles. The van der Waals surface area contributed by atoms with Gasteiger partial charge in [-0.15, -0.1) is 11.8 Å². The minimum Gasteiger partial charge on any atom is -0.313 e. The van der Waals surface area contributed by atoms with Crippen LogP contribution in [0.15, 0.2) is 29.2 Å². The van der Waals surface area contributed by atoms with E-state index in [4.69, 9.17) is 11.6 Å². The van der Waals surface area contributed by atoms with Gasteiger partial charge in [0.1, 0.15) is 0 Å². The molecule has 1 aromatic rings. The van der Waals surface area contributed by atoms with E-state index in [-0.39, 0.29) is 0 Å². The van der Waals surface area contributed by atoms with Crippen LogP contribution in [0.2, 0.25) is 5.02 Å². The highest BCUT2D eigenvalue weighted by atomic mass is 35.5. The smallest absolute Gasteiger partial charge is 0.0541 e. The van der Waals surface area contributed by atoms with Gasteiger partial charge in [-0.05, 0) is 37.4 Å². The van der Waals surface area contributed by atoms with Crippen molar-refractivity contribution in [3.8, 4) is 0 Å². The molecule has 3 heteroatoms. The fourth-order valence-electron chi connectivity index (χ4n) is 2.21. The second kappa shape index (κ2) is 6.67. The maximum Gasteiger partial charge on any atom is 0.0541 e. The van der Waals surface area contributed by atoms with E-state index in [1.807, 2.05) is 23.9 Å². The predicted octanol–water partition coefficient (Wildman–Crippen LogP) is 4.21. The third kappa shape index (κ3) is 3.64. The normalized spacial score (nSPS) is 17.8. The molecule has 0 amide bonds. The maximum absolute atomic E-state index is 6.17. The van der Waals surface area contributed by atoms with E-state index in [9.17, 15) is 0 Å². The highest BCUT2D eigenvalue weighted by Gasteiger charge is 2.26. The number of hydrogen-bond donors (Lipinski definition) is 1. The Balaban J connectivity index is 1.88. The standard InChI is InChI=1S/C14H20ClNS/c1-2-16-13(11-6-5-7-11)10-17-14-9-4-3-8-12(14)15/h3-4,8-9,11,13,16H,2,5-7,10H2,1H3. The lowest BCUT2D eigenvalue weighted by Gasteiger charge is -2.34. The zero-order chi connectivity index (χ0) is 12.1. The summed E-state index contributed by atoms with van der Waals surface area (Å²) in [7, 11) is 0. The Labute approximate surface area is 113 Å². The molecule has 0 heterocycles. The van der Waals surface area contributed by atoms with E-state index in [1.54, 1.807) is 0 Å². The van der Waals surface area contributed by atoms with Gasteiger partial charge in [-0.3, -0.25) is 0 Å². The number of halogens is 1. The number of rotatable bonds is 6. The SMILES string of the molecule is CCNC(CSc1ccccc1Cl)C1CCC1. The summed E-state index contributed by atoms with van der Waals surface area (Å²) in [6.45, 7) is 3.25. The van der Waals surface area contributed by atoms with Crippen molar-refractivity contribution in [1.82, 2.24) is 5.32 Å². The average Bonchev–Trinajstić information content (AvgIpc) is 2.25. The molecule has 0 spiro atoms. The molecule has 1 aliphatic rings. The number of benzene rings is 1. The summed E-state index contributed by atoms with van der Waals surface area (Å²) in [6, 6.07) is 8.77.